The van der Waals surface area contributed by atoms with Crippen molar-refractivity contribution in [2.24, 2.45) is 11.1 Å². The molecule has 0 saturated heterocycles. The van der Waals surface area contributed by atoms with Crippen LogP contribution in [0.5, 0.6) is 0 Å². The number of carbonyl (C=O) groups is 1. The number of amides is 1. The van der Waals surface area contributed by atoms with Crippen molar-refractivity contribution in [1.29, 1.82) is 0 Å². The van der Waals surface area contributed by atoms with Crippen LogP contribution in [-0.2, 0) is 11.0 Å². The largest absolute Gasteiger partial charge is 0.416 e. The Balaban J connectivity index is 2.86. The molecule has 0 heterocycles. The molecule has 0 aromatic heterocycles. The summed E-state index contributed by atoms with van der Waals surface area (Å²) in [5.41, 5.74) is 5.06. The third kappa shape index (κ3) is 4.74. The Hall–Kier alpha value is -1.56. The monoisotopic (exact) mass is 302 g/mol. The van der Waals surface area contributed by atoms with E-state index in [-0.39, 0.29) is 5.91 Å². The van der Waals surface area contributed by atoms with Gasteiger partial charge < -0.3 is 11.1 Å². The minimum absolute atomic E-state index is 0.382. The normalized spacial score (nSPS) is 15.4. The molecule has 1 aromatic rings. The lowest BCUT2D eigenvalue weighted by atomic mass is 9.86. The predicted molar refractivity (Wildman–Crippen MR) is 75.4 cm³/mol. The molecule has 0 aliphatic heterocycles. The maximum absolute atomic E-state index is 12.7. The van der Waals surface area contributed by atoms with Crippen molar-refractivity contribution < 1.29 is 18.0 Å². The van der Waals surface area contributed by atoms with Crippen LogP contribution in [0.15, 0.2) is 24.3 Å². The van der Waals surface area contributed by atoms with Gasteiger partial charge in [0.1, 0.15) is 0 Å². The minimum Gasteiger partial charge on any atom is -0.348 e. The Morgan fingerprint density at radius 2 is 1.81 bits per heavy atom. The predicted octanol–water partition coefficient (Wildman–Crippen LogP) is 3.26. The molecule has 1 unspecified atom stereocenters. The molecule has 21 heavy (non-hydrogen) atoms. The van der Waals surface area contributed by atoms with Crippen LogP contribution in [0.3, 0.4) is 0 Å². The standard InChI is InChI=1S/C15H21F3N2O/c1-9(20-13(21)12(19)14(2,3)4)10-6-5-7-11(8-10)15(16,17)18/h5-9,12H,19H2,1-4H3,(H,20,21)/t9?,12-/m1/s1. The van der Waals surface area contributed by atoms with Crippen LogP contribution in [0.1, 0.15) is 44.9 Å². The summed E-state index contributed by atoms with van der Waals surface area (Å²) in [7, 11) is 0. The Kier molecular flexibility index (Phi) is 5.04. The topological polar surface area (TPSA) is 55.1 Å². The second-order valence-electron chi connectivity index (χ2n) is 6.20. The lowest BCUT2D eigenvalue weighted by Crippen LogP contribution is -2.49. The number of hydrogen-bond donors (Lipinski definition) is 2. The third-order valence-electron chi connectivity index (χ3n) is 3.29. The summed E-state index contributed by atoms with van der Waals surface area (Å²) < 4.78 is 38.0. The molecule has 1 amide bonds. The molecule has 0 fully saturated rings. The van der Waals surface area contributed by atoms with Crippen molar-refractivity contribution in [3.8, 4) is 0 Å². The molecule has 6 heteroatoms. The van der Waals surface area contributed by atoms with Crippen molar-refractivity contribution in [3.05, 3.63) is 35.4 Å². The first-order valence-corrected chi connectivity index (χ1v) is 6.66. The van der Waals surface area contributed by atoms with E-state index in [1.54, 1.807) is 13.0 Å². The van der Waals surface area contributed by atoms with E-state index >= 15 is 0 Å². The molecule has 0 aliphatic rings. The van der Waals surface area contributed by atoms with E-state index in [9.17, 15) is 18.0 Å². The van der Waals surface area contributed by atoms with E-state index in [2.05, 4.69) is 5.32 Å². The summed E-state index contributed by atoms with van der Waals surface area (Å²) in [4.78, 5) is 12.0. The van der Waals surface area contributed by atoms with E-state index in [1.807, 2.05) is 20.8 Å². The van der Waals surface area contributed by atoms with E-state index in [0.29, 0.717) is 5.56 Å². The number of nitrogens with two attached hydrogens (primary N) is 1. The van der Waals surface area contributed by atoms with Crippen LogP contribution in [0.25, 0.3) is 0 Å². The summed E-state index contributed by atoms with van der Waals surface area (Å²) in [6, 6.07) is 3.62. The highest BCUT2D eigenvalue weighted by molar-refractivity contribution is 5.82. The highest BCUT2D eigenvalue weighted by atomic mass is 19.4. The lowest BCUT2D eigenvalue weighted by molar-refractivity contribution is -0.137. The van der Waals surface area contributed by atoms with Gasteiger partial charge in [0.2, 0.25) is 5.91 Å². The van der Waals surface area contributed by atoms with Gasteiger partial charge >= 0.3 is 6.18 Å². The zero-order chi connectivity index (χ0) is 16.4. The van der Waals surface area contributed by atoms with Gasteiger partial charge in [-0.15, -0.1) is 0 Å². The summed E-state index contributed by atoms with van der Waals surface area (Å²) in [6.07, 6.45) is -4.40. The molecular weight excluding hydrogens is 281 g/mol. The van der Waals surface area contributed by atoms with Crippen LogP contribution < -0.4 is 11.1 Å². The number of hydrogen-bond acceptors (Lipinski definition) is 2. The third-order valence-corrected chi connectivity index (χ3v) is 3.29. The zero-order valence-corrected chi connectivity index (χ0v) is 12.6. The number of halogens is 3. The molecule has 3 N–H and O–H groups in total. The average Bonchev–Trinajstić information content (AvgIpc) is 2.35. The van der Waals surface area contributed by atoms with E-state index in [1.165, 1.54) is 6.07 Å². The van der Waals surface area contributed by atoms with Gasteiger partial charge in [0.05, 0.1) is 17.6 Å². The summed E-state index contributed by atoms with van der Waals surface area (Å²) >= 11 is 0. The molecule has 1 rings (SSSR count). The maximum atomic E-state index is 12.7. The molecule has 2 atom stereocenters. The van der Waals surface area contributed by atoms with Gasteiger partial charge in [-0.2, -0.15) is 13.2 Å². The van der Waals surface area contributed by atoms with Crippen LogP contribution in [0.4, 0.5) is 13.2 Å². The number of alkyl halides is 3. The van der Waals surface area contributed by atoms with Crippen LogP contribution >= 0.6 is 0 Å². The van der Waals surface area contributed by atoms with Gasteiger partial charge in [0, 0.05) is 0 Å². The number of carbonyl (C=O) groups excluding carboxylic acids is 1. The SMILES string of the molecule is CC(NC(=O)[C@@H](N)C(C)(C)C)c1cccc(C(F)(F)F)c1. The maximum Gasteiger partial charge on any atom is 0.416 e. The van der Waals surface area contributed by atoms with Gasteiger partial charge in [-0.3, -0.25) is 4.79 Å². The Morgan fingerprint density at radius 1 is 1.24 bits per heavy atom. The highest BCUT2D eigenvalue weighted by Crippen LogP contribution is 2.30. The first-order chi connectivity index (χ1) is 9.43. The Labute approximate surface area is 122 Å². The minimum atomic E-state index is -4.40. The first-order valence-electron chi connectivity index (χ1n) is 6.66. The summed E-state index contributed by atoms with van der Waals surface area (Å²) in [5, 5.41) is 2.65. The van der Waals surface area contributed by atoms with E-state index in [4.69, 9.17) is 5.73 Å². The molecule has 3 nitrogen and oxygen atoms in total. The molecule has 0 spiro atoms. The van der Waals surface area contributed by atoms with Crippen molar-refractivity contribution >= 4 is 5.91 Å². The number of rotatable bonds is 3. The van der Waals surface area contributed by atoms with Gasteiger partial charge in [-0.05, 0) is 30.0 Å². The van der Waals surface area contributed by atoms with Gasteiger partial charge in [0.15, 0.2) is 0 Å². The number of nitrogens with one attached hydrogen (secondary N) is 1. The molecule has 0 radical (unpaired) electrons. The van der Waals surface area contributed by atoms with Crippen LogP contribution in [0, 0.1) is 5.41 Å². The van der Waals surface area contributed by atoms with Crippen molar-refractivity contribution in [1.82, 2.24) is 5.32 Å². The second kappa shape index (κ2) is 6.05. The lowest BCUT2D eigenvalue weighted by Gasteiger charge is -2.27. The fraction of sp³-hybridized carbons (Fsp3) is 0.533. The Bertz CT molecular complexity index is 506. The Morgan fingerprint density at radius 3 is 2.29 bits per heavy atom. The van der Waals surface area contributed by atoms with E-state index in [0.717, 1.165) is 12.1 Å². The molecule has 0 saturated carbocycles. The molecule has 0 bridgehead atoms. The molecule has 118 valence electrons. The van der Waals surface area contributed by atoms with E-state index < -0.39 is 29.2 Å². The van der Waals surface area contributed by atoms with Crippen molar-refractivity contribution in [3.63, 3.8) is 0 Å². The van der Waals surface area contributed by atoms with Crippen molar-refractivity contribution in [2.75, 3.05) is 0 Å². The van der Waals surface area contributed by atoms with Crippen molar-refractivity contribution in [2.45, 2.75) is 46.0 Å². The number of benzene rings is 1. The highest BCUT2D eigenvalue weighted by Gasteiger charge is 2.31. The van der Waals surface area contributed by atoms with Crippen LogP contribution in [0.2, 0.25) is 0 Å². The van der Waals surface area contributed by atoms with Gasteiger partial charge in [0.25, 0.3) is 0 Å². The zero-order valence-electron chi connectivity index (χ0n) is 12.6. The smallest absolute Gasteiger partial charge is 0.348 e. The van der Waals surface area contributed by atoms with Crippen LogP contribution in [-0.4, -0.2) is 11.9 Å². The summed E-state index contributed by atoms with van der Waals surface area (Å²) in [5.74, 6) is -0.382. The fourth-order valence-corrected chi connectivity index (χ4v) is 1.76. The fourth-order valence-electron chi connectivity index (χ4n) is 1.76. The quantitative estimate of drug-likeness (QED) is 0.900. The first kappa shape index (κ1) is 17.5. The molecule has 0 aliphatic carbocycles. The summed E-state index contributed by atoms with van der Waals surface area (Å²) in [6.45, 7) is 7.10. The van der Waals surface area contributed by atoms with Gasteiger partial charge in [-0.1, -0.05) is 32.9 Å². The second-order valence-corrected chi connectivity index (χ2v) is 6.20. The van der Waals surface area contributed by atoms with Gasteiger partial charge in [-0.25, -0.2) is 0 Å². The molecular formula is C15H21F3N2O. The molecule has 1 aromatic carbocycles. The average molecular weight is 302 g/mol.